The second-order valence-electron chi connectivity index (χ2n) is 3.29. The van der Waals surface area contributed by atoms with Gasteiger partial charge >= 0.3 is 0 Å². The molecule has 2 heteroatoms. The van der Waals surface area contributed by atoms with Crippen LogP contribution in [0.5, 0.6) is 0 Å². The highest BCUT2D eigenvalue weighted by molar-refractivity contribution is 7.99. The quantitative estimate of drug-likeness (QED) is 0.639. The Morgan fingerprint density at radius 2 is 2.45 bits per heavy atom. The van der Waals surface area contributed by atoms with Gasteiger partial charge in [-0.05, 0) is 43.4 Å². The van der Waals surface area contributed by atoms with Gasteiger partial charge in [0.25, 0.3) is 0 Å². The summed E-state index contributed by atoms with van der Waals surface area (Å²) >= 11 is 2.11. The van der Waals surface area contributed by atoms with Gasteiger partial charge in [-0.15, -0.1) is 0 Å². The summed E-state index contributed by atoms with van der Waals surface area (Å²) in [6.45, 7) is 4.72. The summed E-state index contributed by atoms with van der Waals surface area (Å²) in [7, 11) is 0. The van der Waals surface area contributed by atoms with Crippen molar-refractivity contribution < 1.29 is 0 Å². The summed E-state index contributed by atoms with van der Waals surface area (Å²) in [4.78, 5) is 0. The van der Waals surface area contributed by atoms with E-state index in [9.17, 15) is 0 Å². The van der Waals surface area contributed by atoms with E-state index in [1.807, 2.05) is 0 Å². The van der Waals surface area contributed by atoms with Crippen molar-refractivity contribution in [1.29, 1.82) is 0 Å². The fourth-order valence-corrected chi connectivity index (χ4v) is 2.64. The Bertz CT molecular complexity index is 89.6. The SMILES string of the molecule is CCCCNCC1CCSC1. The second-order valence-corrected chi connectivity index (χ2v) is 4.44. The van der Waals surface area contributed by atoms with Gasteiger partial charge in [-0.1, -0.05) is 13.3 Å². The second kappa shape index (κ2) is 5.90. The van der Waals surface area contributed by atoms with E-state index in [1.165, 1.54) is 43.9 Å². The summed E-state index contributed by atoms with van der Waals surface area (Å²) in [5, 5.41) is 3.51. The molecule has 0 aromatic carbocycles. The standard InChI is InChI=1S/C9H19NS/c1-2-3-5-10-7-9-4-6-11-8-9/h9-10H,2-8H2,1H3. The maximum atomic E-state index is 3.51. The molecule has 1 atom stereocenters. The van der Waals surface area contributed by atoms with E-state index < -0.39 is 0 Å². The normalized spacial score (nSPS) is 24.3. The van der Waals surface area contributed by atoms with Crippen LogP contribution in [0.25, 0.3) is 0 Å². The lowest BCUT2D eigenvalue weighted by Crippen LogP contribution is -2.23. The Kier molecular flexibility index (Phi) is 5.04. The third-order valence-electron chi connectivity index (χ3n) is 2.16. The van der Waals surface area contributed by atoms with E-state index in [-0.39, 0.29) is 0 Å². The fraction of sp³-hybridized carbons (Fsp3) is 1.00. The van der Waals surface area contributed by atoms with Gasteiger partial charge in [0, 0.05) is 0 Å². The minimum atomic E-state index is 0.969. The Morgan fingerprint density at radius 3 is 3.09 bits per heavy atom. The van der Waals surface area contributed by atoms with Crippen molar-refractivity contribution in [3.05, 3.63) is 0 Å². The molecule has 1 aliphatic heterocycles. The van der Waals surface area contributed by atoms with E-state index in [4.69, 9.17) is 0 Å². The summed E-state index contributed by atoms with van der Waals surface area (Å²) in [5.41, 5.74) is 0. The van der Waals surface area contributed by atoms with Crippen molar-refractivity contribution in [2.75, 3.05) is 24.6 Å². The van der Waals surface area contributed by atoms with Crippen LogP contribution in [0.1, 0.15) is 26.2 Å². The zero-order chi connectivity index (χ0) is 7.94. The van der Waals surface area contributed by atoms with E-state index in [0.29, 0.717) is 0 Å². The average molecular weight is 173 g/mol. The van der Waals surface area contributed by atoms with Crippen LogP contribution in [-0.2, 0) is 0 Å². The van der Waals surface area contributed by atoms with E-state index in [2.05, 4.69) is 24.0 Å². The number of nitrogens with one attached hydrogen (secondary N) is 1. The van der Waals surface area contributed by atoms with Crippen LogP contribution in [0.4, 0.5) is 0 Å². The molecule has 0 aromatic heterocycles. The Labute approximate surface area is 74.3 Å². The molecule has 1 aliphatic rings. The first-order chi connectivity index (χ1) is 5.43. The summed E-state index contributed by atoms with van der Waals surface area (Å²) in [5.74, 6) is 3.75. The van der Waals surface area contributed by atoms with Crippen molar-refractivity contribution >= 4 is 11.8 Å². The third kappa shape index (κ3) is 4.02. The maximum Gasteiger partial charge on any atom is -0.00123 e. The van der Waals surface area contributed by atoms with Gasteiger partial charge in [-0.2, -0.15) is 11.8 Å². The first-order valence-corrected chi connectivity index (χ1v) is 5.87. The highest BCUT2D eigenvalue weighted by Gasteiger charge is 2.13. The molecule has 0 saturated carbocycles. The van der Waals surface area contributed by atoms with E-state index in [0.717, 1.165) is 5.92 Å². The summed E-state index contributed by atoms with van der Waals surface area (Å²) < 4.78 is 0. The Balaban J connectivity index is 1.86. The molecule has 1 fully saturated rings. The largest absolute Gasteiger partial charge is 0.316 e. The van der Waals surface area contributed by atoms with Crippen molar-refractivity contribution in [1.82, 2.24) is 5.32 Å². The van der Waals surface area contributed by atoms with Gasteiger partial charge in [0.15, 0.2) is 0 Å². The van der Waals surface area contributed by atoms with Crippen LogP contribution in [0.3, 0.4) is 0 Å². The predicted octanol–water partition coefficient (Wildman–Crippen LogP) is 2.13. The van der Waals surface area contributed by atoms with Crippen LogP contribution < -0.4 is 5.32 Å². The van der Waals surface area contributed by atoms with Crippen LogP contribution in [0.15, 0.2) is 0 Å². The van der Waals surface area contributed by atoms with Gasteiger partial charge in [0.05, 0.1) is 0 Å². The van der Waals surface area contributed by atoms with Gasteiger partial charge in [0.1, 0.15) is 0 Å². The lowest BCUT2D eigenvalue weighted by Gasteiger charge is -2.08. The first-order valence-electron chi connectivity index (χ1n) is 4.72. The molecule has 66 valence electrons. The smallest absolute Gasteiger partial charge is 0.00123 e. The topological polar surface area (TPSA) is 12.0 Å². The minimum Gasteiger partial charge on any atom is -0.316 e. The number of hydrogen-bond acceptors (Lipinski definition) is 2. The summed E-state index contributed by atoms with van der Waals surface area (Å²) in [6, 6.07) is 0. The van der Waals surface area contributed by atoms with Crippen LogP contribution in [-0.4, -0.2) is 24.6 Å². The molecule has 1 N–H and O–H groups in total. The van der Waals surface area contributed by atoms with Gasteiger partial charge in [0.2, 0.25) is 0 Å². The van der Waals surface area contributed by atoms with E-state index >= 15 is 0 Å². The predicted molar refractivity (Wildman–Crippen MR) is 53.2 cm³/mol. The highest BCUT2D eigenvalue weighted by atomic mass is 32.2. The van der Waals surface area contributed by atoms with Crippen LogP contribution >= 0.6 is 11.8 Å². The average Bonchev–Trinajstić information content (AvgIpc) is 2.50. The van der Waals surface area contributed by atoms with Crippen molar-refractivity contribution in [3.8, 4) is 0 Å². The number of unbranched alkanes of at least 4 members (excludes halogenated alkanes) is 1. The molecule has 1 nitrogen and oxygen atoms in total. The molecule has 1 heterocycles. The van der Waals surface area contributed by atoms with Crippen LogP contribution in [0.2, 0.25) is 0 Å². The third-order valence-corrected chi connectivity index (χ3v) is 3.40. The molecule has 1 saturated heterocycles. The number of rotatable bonds is 5. The molecule has 0 bridgehead atoms. The first kappa shape index (κ1) is 9.40. The molecule has 0 aliphatic carbocycles. The minimum absolute atomic E-state index is 0.969. The monoisotopic (exact) mass is 173 g/mol. The van der Waals surface area contributed by atoms with Gasteiger partial charge in [-0.3, -0.25) is 0 Å². The number of hydrogen-bond donors (Lipinski definition) is 1. The molecule has 0 spiro atoms. The molecule has 0 aromatic rings. The Morgan fingerprint density at radius 1 is 1.55 bits per heavy atom. The highest BCUT2D eigenvalue weighted by Crippen LogP contribution is 2.22. The molecule has 1 rings (SSSR count). The van der Waals surface area contributed by atoms with Gasteiger partial charge in [-0.25, -0.2) is 0 Å². The van der Waals surface area contributed by atoms with Crippen molar-refractivity contribution in [3.63, 3.8) is 0 Å². The molecular weight excluding hydrogens is 154 g/mol. The lowest BCUT2D eigenvalue weighted by atomic mass is 10.1. The van der Waals surface area contributed by atoms with Crippen LogP contribution in [0, 0.1) is 5.92 Å². The molecule has 1 unspecified atom stereocenters. The molecule has 0 amide bonds. The van der Waals surface area contributed by atoms with Crippen molar-refractivity contribution in [2.24, 2.45) is 5.92 Å². The zero-order valence-corrected chi connectivity index (χ0v) is 8.25. The maximum absolute atomic E-state index is 3.51. The molecule has 0 radical (unpaired) electrons. The zero-order valence-electron chi connectivity index (χ0n) is 7.44. The Hall–Kier alpha value is 0.310. The molecular formula is C9H19NS. The molecule has 11 heavy (non-hydrogen) atoms. The lowest BCUT2D eigenvalue weighted by molar-refractivity contribution is 0.515. The fourth-order valence-electron chi connectivity index (χ4n) is 1.35. The number of thioether (sulfide) groups is 1. The van der Waals surface area contributed by atoms with E-state index in [1.54, 1.807) is 0 Å². The van der Waals surface area contributed by atoms with Crippen molar-refractivity contribution in [2.45, 2.75) is 26.2 Å². The van der Waals surface area contributed by atoms with Gasteiger partial charge < -0.3 is 5.32 Å². The summed E-state index contributed by atoms with van der Waals surface area (Å²) in [6.07, 6.45) is 4.08.